The van der Waals surface area contributed by atoms with Crippen molar-refractivity contribution in [3.05, 3.63) is 22.4 Å². The largest absolute Gasteiger partial charge is 0.378 e. The molecular weight excluding hydrogens is 306 g/mol. The molecule has 2 aliphatic carbocycles. The van der Waals surface area contributed by atoms with Gasteiger partial charge in [-0.2, -0.15) is 0 Å². The second kappa shape index (κ2) is 7.22. The maximum atomic E-state index is 5.93. The smallest absolute Gasteiger partial charge is 0.191 e. The van der Waals surface area contributed by atoms with Crippen LogP contribution in [0, 0.1) is 5.41 Å². The van der Waals surface area contributed by atoms with Crippen LogP contribution < -0.4 is 10.6 Å². The van der Waals surface area contributed by atoms with Gasteiger partial charge in [0, 0.05) is 42.5 Å². The Kier molecular flexibility index (Phi) is 5.27. The zero-order valence-electron chi connectivity index (χ0n) is 14.5. The lowest BCUT2D eigenvalue weighted by molar-refractivity contribution is -0.168. The average molecular weight is 336 g/mol. The van der Waals surface area contributed by atoms with Gasteiger partial charge in [-0.1, -0.05) is 19.4 Å². The molecule has 2 N–H and O–H groups in total. The highest BCUT2D eigenvalue weighted by Crippen LogP contribution is 2.57. The molecule has 3 atom stereocenters. The van der Waals surface area contributed by atoms with E-state index < -0.39 is 0 Å². The molecule has 1 heterocycles. The van der Waals surface area contributed by atoms with E-state index in [0.29, 0.717) is 23.5 Å². The number of hydrogen-bond donors (Lipinski definition) is 2. The first-order valence-electron chi connectivity index (χ1n) is 8.81. The van der Waals surface area contributed by atoms with Crippen LogP contribution in [0.2, 0.25) is 0 Å². The molecule has 2 fully saturated rings. The van der Waals surface area contributed by atoms with E-state index in [1.165, 1.54) is 24.1 Å². The molecular formula is C18H29N3OS. The Balaban J connectivity index is 1.50. The SMILES string of the molecule is CCOC1CC(NC(=NC)NCC(C)c2cccs2)C12CCC2. The number of rotatable bonds is 6. The summed E-state index contributed by atoms with van der Waals surface area (Å²) in [5, 5.41) is 9.28. The van der Waals surface area contributed by atoms with Gasteiger partial charge in [-0.3, -0.25) is 4.99 Å². The minimum absolute atomic E-state index is 0.368. The molecule has 23 heavy (non-hydrogen) atoms. The number of hydrogen-bond acceptors (Lipinski definition) is 3. The molecule has 0 radical (unpaired) electrons. The van der Waals surface area contributed by atoms with Crippen molar-refractivity contribution < 1.29 is 4.74 Å². The Bertz CT molecular complexity index is 524. The molecule has 3 unspecified atom stereocenters. The second-order valence-electron chi connectivity index (χ2n) is 6.83. The van der Waals surface area contributed by atoms with Crippen LogP contribution >= 0.6 is 11.3 Å². The lowest BCUT2D eigenvalue weighted by Crippen LogP contribution is -2.68. The third-order valence-corrected chi connectivity index (χ3v) is 6.68. The Hall–Kier alpha value is -1.07. The fraction of sp³-hybridized carbons (Fsp3) is 0.722. The number of guanidine groups is 1. The van der Waals surface area contributed by atoms with E-state index in [0.717, 1.165) is 25.5 Å². The van der Waals surface area contributed by atoms with Gasteiger partial charge >= 0.3 is 0 Å². The minimum Gasteiger partial charge on any atom is -0.378 e. The van der Waals surface area contributed by atoms with Crippen molar-refractivity contribution in [3.8, 4) is 0 Å². The third kappa shape index (κ3) is 3.26. The van der Waals surface area contributed by atoms with E-state index in [2.05, 4.69) is 47.0 Å². The van der Waals surface area contributed by atoms with E-state index in [1.54, 1.807) is 0 Å². The van der Waals surface area contributed by atoms with Crippen molar-refractivity contribution in [3.63, 3.8) is 0 Å². The topological polar surface area (TPSA) is 45.6 Å². The second-order valence-corrected chi connectivity index (χ2v) is 7.81. The van der Waals surface area contributed by atoms with Crippen LogP contribution in [0.15, 0.2) is 22.5 Å². The summed E-state index contributed by atoms with van der Waals surface area (Å²) in [6.07, 6.45) is 5.47. The van der Waals surface area contributed by atoms with Crippen molar-refractivity contribution >= 4 is 17.3 Å². The van der Waals surface area contributed by atoms with Crippen molar-refractivity contribution in [1.29, 1.82) is 0 Å². The molecule has 0 amide bonds. The predicted octanol–water partition coefficient (Wildman–Crippen LogP) is 3.36. The van der Waals surface area contributed by atoms with Crippen LogP contribution in [0.4, 0.5) is 0 Å². The predicted molar refractivity (Wildman–Crippen MR) is 97.3 cm³/mol. The summed E-state index contributed by atoms with van der Waals surface area (Å²) in [6.45, 7) is 6.09. The van der Waals surface area contributed by atoms with Gasteiger partial charge in [-0.25, -0.2) is 0 Å². The molecule has 1 aromatic rings. The van der Waals surface area contributed by atoms with Crippen LogP contribution in [0.1, 0.15) is 50.3 Å². The van der Waals surface area contributed by atoms with Gasteiger partial charge < -0.3 is 15.4 Å². The van der Waals surface area contributed by atoms with Gasteiger partial charge in [0.25, 0.3) is 0 Å². The summed E-state index contributed by atoms with van der Waals surface area (Å²) in [4.78, 5) is 5.84. The number of aliphatic imine (C=N–C) groups is 1. The highest BCUT2D eigenvalue weighted by atomic mass is 32.1. The average Bonchev–Trinajstić information content (AvgIpc) is 3.01. The van der Waals surface area contributed by atoms with E-state index >= 15 is 0 Å². The van der Waals surface area contributed by atoms with Gasteiger partial charge in [0.15, 0.2) is 5.96 Å². The first kappa shape index (κ1) is 16.8. The monoisotopic (exact) mass is 335 g/mol. The van der Waals surface area contributed by atoms with Gasteiger partial charge in [0.2, 0.25) is 0 Å². The summed E-state index contributed by atoms with van der Waals surface area (Å²) in [5.41, 5.74) is 0.368. The molecule has 1 aromatic heterocycles. The molecule has 3 rings (SSSR count). The van der Waals surface area contributed by atoms with Crippen LogP contribution in [-0.4, -0.2) is 38.3 Å². The van der Waals surface area contributed by atoms with Gasteiger partial charge in [-0.05, 0) is 37.6 Å². The van der Waals surface area contributed by atoms with Crippen molar-refractivity contribution in [1.82, 2.24) is 10.6 Å². The Morgan fingerprint density at radius 3 is 2.91 bits per heavy atom. The first-order chi connectivity index (χ1) is 11.2. The van der Waals surface area contributed by atoms with Crippen molar-refractivity contribution in [2.75, 3.05) is 20.2 Å². The fourth-order valence-electron chi connectivity index (χ4n) is 3.92. The molecule has 1 spiro atoms. The summed E-state index contributed by atoms with van der Waals surface area (Å²) in [6, 6.07) is 4.83. The zero-order valence-corrected chi connectivity index (χ0v) is 15.3. The van der Waals surface area contributed by atoms with Crippen LogP contribution in [0.3, 0.4) is 0 Å². The van der Waals surface area contributed by atoms with Crippen LogP contribution in [0.5, 0.6) is 0 Å². The molecule has 0 aromatic carbocycles. The van der Waals surface area contributed by atoms with Gasteiger partial charge in [0.1, 0.15) is 0 Å². The molecule has 4 nitrogen and oxygen atoms in total. The molecule has 0 aliphatic heterocycles. The van der Waals surface area contributed by atoms with Crippen LogP contribution in [-0.2, 0) is 4.74 Å². The normalized spacial score (nSPS) is 27.2. The minimum atomic E-state index is 0.368. The standard InChI is InChI=1S/C18H29N3OS/c1-4-22-16-11-15(18(16)8-6-9-18)21-17(19-3)20-12-13(2)14-7-5-10-23-14/h5,7,10,13,15-16H,4,6,8-9,11-12H2,1-3H3,(H2,19,20,21). The highest BCUT2D eigenvalue weighted by Gasteiger charge is 2.59. The fourth-order valence-corrected chi connectivity index (χ4v) is 4.71. The van der Waals surface area contributed by atoms with Crippen molar-refractivity contribution in [2.45, 2.75) is 57.6 Å². The van der Waals surface area contributed by atoms with E-state index in [-0.39, 0.29) is 0 Å². The Morgan fingerprint density at radius 1 is 1.52 bits per heavy atom. The highest BCUT2D eigenvalue weighted by molar-refractivity contribution is 7.10. The molecule has 128 valence electrons. The summed E-state index contributed by atoms with van der Waals surface area (Å²) in [7, 11) is 1.86. The maximum Gasteiger partial charge on any atom is 0.191 e. The zero-order chi connectivity index (χ0) is 16.3. The lowest BCUT2D eigenvalue weighted by atomic mass is 9.51. The Labute approximate surface area is 143 Å². The quantitative estimate of drug-likeness (QED) is 0.619. The van der Waals surface area contributed by atoms with E-state index in [9.17, 15) is 0 Å². The number of nitrogens with one attached hydrogen (secondary N) is 2. The maximum absolute atomic E-state index is 5.93. The van der Waals surface area contributed by atoms with Crippen molar-refractivity contribution in [2.24, 2.45) is 10.4 Å². The summed E-state index contributed by atoms with van der Waals surface area (Å²) >= 11 is 1.82. The molecule has 2 saturated carbocycles. The molecule has 0 bridgehead atoms. The van der Waals surface area contributed by atoms with E-state index in [1.807, 2.05) is 18.4 Å². The third-order valence-electron chi connectivity index (χ3n) is 5.58. The summed E-state index contributed by atoms with van der Waals surface area (Å²) < 4.78 is 5.93. The first-order valence-corrected chi connectivity index (χ1v) is 9.69. The molecule has 0 saturated heterocycles. The van der Waals surface area contributed by atoms with Gasteiger partial charge in [-0.15, -0.1) is 11.3 Å². The summed E-state index contributed by atoms with van der Waals surface area (Å²) in [5.74, 6) is 1.43. The molecule has 2 aliphatic rings. The molecule has 5 heteroatoms. The number of ether oxygens (including phenoxy) is 1. The van der Waals surface area contributed by atoms with Gasteiger partial charge in [0.05, 0.1) is 6.10 Å². The Morgan fingerprint density at radius 2 is 2.35 bits per heavy atom. The van der Waals surface area contributed by atoms with Crippen LogP contribution in [0.25, 0.3) is 0 Å². The van der Waals surface area contributed by atoms with E-state index in [4.69, 9.17) is 4.74 Å². The number of nitrogens with zero attached hydrogens (tertiary/aromatic N) is 1. The lowest BCUT2D eigenvalue weighted by Gasteiger charge is -2.61. The number of thiophene rings is 1.